The highest BCUT2D eigenvalue weighted by molar-refractivity contribution is 5.70. The van der Waals surface area contributed by atoms with E-state index in [1.807, 2.05) is 50.3 Å². The third-order valence-corrected chi connectivity index (χ3v) is 2.35. The van der Waals surface area contributed by atoms with Crippen molar-refractivity contribution in [2.24, 2.45) is 0 Å². The van der Waals surface area contributed by atoms with E-state index in [2.05, 4.69) is 0 Å². The molecule has 1 atom stereocenters. The van der Waals surface area contributed by atoms with Crippen molar-refractivity contribution >= 4 is 12.0 Å². The highest BCUT2D eigenvalue weighted by Crippen LogP contribution is 2.21. The summed E-state index contributed by atoms with van der Waals surface area (Å²) in [6, 6.07) is 7.75. The second-order valence-corrected chi connectivity index (χ2v) is 3.98. The third kappa shape index (κ3) is 4.62. The van der Waals surface area contributed by atoms with Gasteiger partial charge in [0.2, 0.25) is 0 Å². The average molecular weight is 248 g/mol. The molecule has 0 N–H and O–H groups in total. The average Bonchev–Trinajstić information content (AvgIpc) is 2.32. The summed E-state index contributed by atoms with van der Waals surface area (Å²) in [4.78, 5) is 11.3. The van der Waals surface area contributed by atoms with Gasteiger partial charge in [0.15, 0.2) is 0 Å². The Morgan fingerprint density at radius 1 is 1.39 bits per heavy atom. The first-order valence-electron chi connectivity index (χ1n) is 6.21. The predicted molar refractivity (Wildman–Crippen MR) is 72.5 cm³/mol. The molecule has 0 aliphatic heterocycles. The molecular weight excluding hydrogens is 228 g/mol. The molecule has 0 aliphatic carbocycles. The van der Waals surface area contributed by atoms with Crippen molar-refractivity contribution in [1.29, 1.82) is 0 Å². The number of benzene rings is 1. The number of esters is 1. The molecule has 98 valence electrons. The van der Waals surface area contributed by atoms with Crippen LogP contribution in [0.2, 0.25) is 0 Å². The summed E-state index contributed by atoms with van der Waals surface area (Å²) in [5.74, 6) is 0.556. The van der Waals surface area contributed by atoms with Crippen molar-refractivity contribution in [2.75, 3.05) is 6.61 Å². The summed E-state index contributed by atoms with van der Waals surface area (Å²) >= 11 is 0. The molecule has 18 heavy (non-hydrogen) atoms. The molecule has 3 heteroatoms. The number of rotatable bonds is 6. The van der Waals surface area contributed by atoms with E-state index in [1.54, 1.807) is 6.92 Å². The quantitative estimate of drug-likeness (QED) is 0.723. The summed E-state index contributed by atoms with van der Waals surface area (Å²) in [6.07, 6.45) is 4.00. The lowest BCUT2D eigenvalue weighted by atomic mass is 10.2. The van der Waals surface area contributed by atoms with Gasteiger partial charge in [-0.1, -0.05) is 30.4 Å². The molecule has 0 amide bonds. The van der Waals surface area contributed by atoms with Gasteiger partial charge < -0.3 is 9.47 Å². The number of carbonyl (C=O) groups excluding carboxylic acids is 1. The van der Waals surface area contributed by atoms with E-state index in [0.29, 0.717) is 6.61 Å². The first-order chi connectivity index (χ1) is 8.67. The predicted octanol–water partition coefficient (Wildman–Crippen LogP) is 3.44. The second kappa shape index (κ2) is 7.54. The zero-order valence-electron chi connectivity index (χ0n) is 11.2. The zero-order chi connectivity index (χ0) is 13.4. The van der Waals surface area contributed by atoms with E-state index in [1.165, 1.54) is 0 Å². The minimum Gasteiger partial charge on any atom is -0.489 e. The summed E-state index contributed by atoms with van der Waals surface area (Å²) in [5, 5.41) is 0. The molecule has 0 bridgehead atoms. The Morgan fingerprint density at radius 3 is 2.78 bits per heavy atom. The molecule has 1 aromatic carbocycles. The van der Waals surface area contributed by atoms with Crippen molar-refractivity contribution < 1.29 is 14.3 Å². The normalized spacial score (nSPS) is 12.4. The Bertz CT molecular complexity index is 410. The maximum atomic E-state index is 11.3. The Morgan fingerprint density at radius 2 is 2.11 bits per heavy atom. The van der Waals surface area contributed by atoms with Crippen LogP contribution in [0.4, 0.5) is 0 Å². The Hall–Kier alpha value is -1.77. The van der Waals surface area contributed by atoms with Gasteiger partial charge >= 0.3 is 5.97 Å². The van der Waals surface area contributed by atoms with Crippen LogP contribution in [0.1, 0.15) is 32.8 Å². The van der Waals surface area contributed by atoms with Crippen LogP contribution in [0.15, 0.2) is 30.3 Å². The molecule has 1 rings (SSSR count). The molecule has 3 nitrogen and oxygen atoms in total. The monoisotopic (exact) mass is 248 g/mol. The Balaban J connectivity index is 2.64. The van der Waals surface area contributed by atoms with Gasteiger partial charge in [-0.15, -0.1) is 0 Å². The maximum absolute atomic E-state index is 11.3. The van der Waals surface area contributed by atoms with Crippen molar-refractivity contribution in [3.8, 4) is 5.75 Å². The first-order valence-corrected chi connectivity index (χ1v) is 6.21. The number of para-hydroxylation sites is 1. The number of hydrogen-bond donors (Lipinski definition) is 0. The molecule has 0 saturated heterocycles. The number of allylic oxidation sites excluding steroid dienone is 1. The van der Waals surface area contributed by atoms with Crippen molar-refractivity contribution in [3.63, 3.8) is 0 Å². The van der Waals surface area contributed by atoms with Crippen molar-refractivity contribution in [2.45, 2.75) is 33.3 Å². The largest absolute Gasteiger partial charge is 0.489 e. The lowest BCUT2D eigenvalue weighted by Crippen LogP contribution is -2.19. The van der Waals surface area contributed by atoms with Crippen LogP contribution >= 0.6 is 0 Å². The fourth-order valence-corrected chi connectivity index (χ4v) is 1.62. The minimum absolute atomic E-state index is 0.199. The molecule has 0 heterocycles. The van der Waals surface area contributed by atoms with Gasteiger partial charge in [-0.2, -0.15) is 0 Å². The van der Waals surface area contributed by atoms with Crippen LogP contribution in [0.25, 0.3) is 6.08 Å². The van der Waals surface area contributed by atoms with Gasteiger partial charge in [-0.3, -0.25) is 4.79 Å². The van der Waals surface area contributed by atoms with E-state index >= 15 is 0 Å². The molecule has 0 aromatic heterocycles. The molecule has 0 spiro atoms. The van der Waals surface area contributed by atoms with Crippen LogP contribution in [0.3, 0.4) is 0 Å². The Kier molecular flexibility index (Phi) is 5.98. The first kappa shape index (κ1) is 14.3. The smallest absolute Gasteiger partial charge is 0.309 e. The number of carbonyl (C=O) groups is 1. The van der Waals surface area contributed by atoms with Crippen LogP contribution < -0.4 is 4.74 Å². The third-order valence-electron chi connectivity index (χ3n) is 2.35. The zero-order valence-corrected chi connectivity index (χ0v) is 11.2. The van der Waals surface area contributed by atoms with Crippen LogP contribution in [-0.2, 0) is 9.53 Å². The molecular formula is C15H20O3. The molecule has 0 radical (unpaired) electrons. The topological polar surface area (TPSA) is 35.5 Å². The molecule has 0 saturated carbocycles. The van der Waals surface area contributed by atoms with E-state index in [-0.39, 0.29) is 18.5 Å². The summed E-state index contributed by atoms with van der Waals surface area (Å²) in [6.45, 7) is 6.02. The number of ether oxygens (including phenoxy) is 2. The SMILES string of the molecule is CC=Cc1ccccc1OC(C)CC(=O)OCC. The molecule has 1 unspecified atom stereocenters. The molecule has 0 aliphatic rings. The number of hydrogen-bond acceptors (Lipinski definition) is 3. The Labute approximate surface area is 108 Å². The summed E-state index contributed by atoms with van der Waals surface area (Å²) < 4.78 is 10.7. The molecule has 1 aromatic rings. The fraction of sp³-hybridized carbons (Fsp3) is 0.400. The minimum atomic E-state index is -0.228. The van der Waals surface area contributed by atoms with E-state index in [0.717, 1.165) is 11.3 Å². The summed E-state index contributed by atoms with van der Waals surface area (Å²) in [5.41, 5.74) is 1.01. The second-order valence-electron chi connectivity index (χ2n) is 3.98. The highest BCUT2D eigenvalue weighted by Gasteiger charge is 2.12. The van der Waals surface area contributed by atoms with Gasteiger partial charge in [0.25, 0.3) is 0 Å². The van der Waals surface area contributed by atoms with Crippen LogP contribution in [-0.4, -0.2) is 18.7 Å². The van der Waals surface area contributed by atoms with Crippen LogP contribution in [0.5, 0.6) is 5.75 Å². The lowest BCUT2D eigenvalue weighted by Gasteiger charge is -2.15. The lowest BCUT2D eigenvalue weighted by molar-refractivity contribution is -0.144. The van der Waals surface area contributed by atoms with E-state index in [4.69, 9.17) is 9.47 Å². The van der Waals surface area contributed by atoms with E-state index < -0.39 is 0 Å². The van der Waals surface area contributed by atoms with Crippen LogP contribution in [0, 0.1) is 0 Å². The van der Waals surface area contributed by atoms with Crippen molar-refractivity contribution in [3.05, 3.63) is 35.9 Å². The van der Waals surface area contributed by atoms with Gasteiger partial charge in [-0.25, -0.2) is 0 Å². The maximum Gasteiger partial charge on any atom is 0.309 e. The van der Waals surface area contributed by atoms with Gasteiger partial charge in [0, 0.05) is 5.56 Å². The van der Waals surface area contributed by atoms with Gasteiger partial charge in [0.1, 0.15) is 11.9 Å². The fourth-order valence-electron chi connectivity index (χ4n) is 1.62. The van der Waals surface area contributed by atoms with Crippen molar-refractivity contribution in [1.82, 2.24) is 0 Å². The molecule has 0 fully saturated rings. The van der Waals surface area contributed by atoms with Gasteiger partial charge in [-0.05, 0) is 26.8 Å². The summed E-state index contributed by atoms with van der Waals surface area (Å²) in [7, 11) is 0. The van der Waals surface area contributed by atoms with Gasteiger partial charge in [0.05, 0.1) is 13.0 Å². The van der Waals surface area contributed by atoms with E-state index in [9.17, 15) is 4.79 Å². The highest BCUT2D eigenvalue weighted by atomic mass is 16.5. The standard InChI is InChI=1S/C15H20O3/c1-4-8-13-9-6-7-10-14(13)18-12(3)11-15(16)17-5-2/h4,6-10,12H,5,11H2,1-3H3.